The second kappa shape index (κ2) is 7.96. The number of halogens is 3. The van der Waals surface area contributed by atoms with Crippen molar-refractivity contribution in [3.05, 3.63) is 52.8 Å². The topological polar surface area (TPSA) is 89.6 Å². The van der Waals surface area contributed by atoms with Crippen LogP contribution in [0.4, 0.5) is 8.78 Å². The maximum atomic E-state index is 13.7. The van der Waals surface area contributed by atoms with Gasteiger partial charge < -0.3 is 20.1 Å². The highest BCUT2D eigenvalue weighted by Crippen LogP contribution is 2.60. The fraction of sp³-hybridized carbons (Fsp3) is 0.381. The molecule has 3 saturated carbocycles. The minimum absolute atomic E-state index is 0.0240. The number of aromatic nitrogens is 1. The van der Waals surface area contributed by atoms with Crippen LogP contribution >= 0.6 is 11.6 Å². The second-order valence-electron chi connectivity index (χ2n) is 8.08. The number of nitrogens with one attached hydrogen (secondary N) is 2. The Hall–Kier alpha value is -2.94. The van der Waals surface area contributed by atoms with Crippen LogP contribution in [0, 0.1) is 18.7 Å². The number of aryl methyl sites for hydroxylation is 1. The van der Waals surface area contributed by atoms with E-state index in [2.05, 4.69) is 15.6 Å². The zero-order chi connectivity index (χ0) is 22.2. The number of hydrogen-bond acceptors (Lipinski definition) is 5. The van der Waals surface area contributed by atoms with Crippen LogP contribution < -0.4 is 20.1 Å². The number of hydrogen-bond donors (Lipinski definition) is 2. The Kier molecular flexibility index (Phi) is 5.47. The molecule has 0 saturated heterocycles. The van der Waals surface area contributed by atoms with Crippen molar-refractivity contribution >= 4 is 23.4 Å². The van der Waals surface area contributed by atoms with Crippen LogP contribution in [0.25, 0.3) is 0 Å². The molecule has 31 heavy (non-hydrogen) atoms. The number of carbonyl (C=O) groups excluding carboxylic acids is 2. The predicted molar refractivity (Wildman–Crippen MR) is 107 cm³/mol. The minimum atomic E-state index is -0.761. The molecule has 0 atom stereocenters. The van der Waals surface area contributed by atoms with Crippen molar-refractivity contribution in [3.63, 3.8) is 0 Å². The van der Waals surface area contributed by atoms with E-state index >= 15 is 0 Å². The molecule has 164 valence electrons. The molecule has 1 heterocycles. The number of ether oxygens (including phenoxy) is 2. The fourth-order valence-electron chi connectivity index (χ4n) is 4.20. The second-order valence-corrected chi connectivity index (χ2v) is 8.49. The molecule has 2 aromatic rings. The Bertz CT molecular complexity index is 1030. The van der Waals surface area contributed by atoms with E-state index < -0.39 is 11.8 Å². The molecule has 2 bridgehead atoms. The molecule has 10 heteroatoms. The van der Waals surface area contributed by atoms with E-state index in [0.717, 1.165) is 6.07 Å². The lowest BCUT2D eigenvalue weighted by Gasteiger charge is -2.70. The van der Waals surface area contributed by atoms with Gasteiger partial charge in [0.1, 0.15) is 11.6 Å². The van der Waals surface area contributed by atoms with Crippen LogP contribution in [0.2, 0.25) is 5.02 Å². The van der Waals surface area contributed by atoms with Crippen LogP contribution in [-0.2, 0) is 9.59 Å². The highest BCUT2D eigenvalue weighted by molar-refractivity contribution is 6.30. The Labute approximate surface area is 182 Å². The summed E-state index contributed by atoms with van der Waals surface area (Å²) in [6.07, 6.45) is 1.77. The smallest absolute Gasteiger partial charge is 0.258 e. The van der Waals surface area contributed by atoms with Gasteiger partial charge in [0.25, 0.3) is 17.8 Å². The SMILES string of the molecule is Cc1ccc(OCC(=O)NC23CC(NC(=O)COc4ccc(Cl)c(F)c4)(C2)C3)c(F)n1. The molecule has 3 aliphatic rings. The number of nitrogens with zero attached hydrogens (tertiary/aromatic N) is 1. The summed E-state index contributed by atoms with van der Waals surface area (Å²) in [5.74, 6) is -1.96. The first-order valence-corrected chi connectivity index (χ1v) is 10.0. The minimum Gasteiger partial charge on any atom is -0.484 e. The molecule has 2 N–H and O–H groups in total. The van der Waals surface area contributed by atoms with Crippen molar-refractivity contribution in [2.75, 3.05) is 13.2 Å². The molecular formula is C21H20ClF2N3O4. The Balaban J connectivity index is 1.18. The normalized spacial score (nSPS) is 23.2. The standard InChI is InChI=1S/C21H20ClF2N3O4/c1-12-2-5-16(19(24)25-12)31-8-18(29)27-21-9-20(10-21,11-21)26-17(28)7-30-13-3-4-14(22)15(23)6-13/h2-6H,7-11H2,1H3,(H,26,28)(H,27,29). The number of rotatable bonds is 8. The van der Waals surface area contributed by atoms with Crippen LogP contribution in [0.15, 0.2) is 30.3 Å². The fourth-order valence-corrected chi connectivity index (χ4v) is 4.31. The van der Waals surface area contributed by atoms with Crippen LogP contribution in [0.5, 0.6) is 11.5 Å². The Morgan fingerprint density at radius 2 is 1.65 bits per heavy atom. The van der Waals surface area contributed by atoms with Crippen molar-refractivity contribution in [2.45, 2.75) is 37.3 Å². The summed E-state index contributed by atoms with van der Waals surface area (Å²) in [5.41, 5.74) is -0.230. The van der Waals surface area contributed by atoms with Gasteiger partial charge in [0.05, 0.1) is 5.02 Å². The van der Waals surface area contributed by atoms with Gasteiger partial charge in [-0.3, -0.25) is 9.59 Å². The van der Waals surface area contributed by atoms with Crippen molar-refractivity contribution in [3.8, 4) is 11.5 Å². The molecule has 5 rings (SSSR count). The molecule has 0 radical (unpaired) electrons. The van der Waals surface area contributed by atoms with E-state index in [1.165, 1.54) is 18.2 Å². The largest absolute Gasteiger partial charge is 0.484 e. The van der Waals surface area contributed by atoms with E-state index in [1.807, 2.05) is 0 Å². The summed E-state index contributed by atoms with van der Waals surface area (Å²) in [4.78, 5) is 27.9. The monoisotopic (exact) mass is 451 g/mol. The van der Waals surface area contributed by atoms with Gasteiger partial charge in [0, 0.05) is 22.8 Å². The summed E-state index contributed by atoms with van der Waals surface area (Å²) in [5, 5.41) is 5.76. The van der Waals surface area contributed by atoms with Gasteiger partial charge in [-0.25, -0.2) is 9.37 Å². The molecule has 1 aromatic heterocycles. The molecule has 0 unspecified atom stereocenters. The number of amides is 2. The zero-order valence-corrected chi connectivity index (χ0v) is 17.4. The molecule has 0 aliphatic heterocycles. The summed E-state index contributed by atoms with van der Waals surface area (Å²) < 4.78 is 37.5. The lowest BCUT2D eigenvalue weighted by atomic mass is 9.44. The summed E-state index contributed by atoms with van der Waals surface area (Å²) in [6, 6.07) is 6.96. The molecular weight excluding hydrogens is 432 g/mol. The molecule has 7 nitrogen and oxygen atoms in total. The lowest BCUT2D eigenvalue weighted by Crippen LogP contribution is -2.84. The van der Waals surface area contributed by atoms with Crippen molar-refractivity contribution in [2.24, 2.45) is 0 Å². The third kappa shape index (κ3) is 4.56. The van der Waals surface area contributed by atoms with Crippen molar-refractivity contribution < 1.29 is 27.8 Å². The number of pyridine rings is 1. The van der Waals surface area contributed by atoms with Gasteiger partial charge in [-0.1, -0.05) is 11.6 Å². The van der Waals surface area contributed by atoms with Gasteiger partial charge in [-0.2, -0.15) is 4.39 Å². The highest BCUT2D eigenvalue weighted by Gasteiger charge is 2.69. The molecule has 1 aromatic carbocycles. The number of carbonyl (C=O) groups is 2. The van der Waals surface area contributed by atoms with Gasteiger partial charge >= 0.3 is 0 Å². The average Bonchev–Trinajstić information content (AvgIpc) is 2.65. The maximum Gasteiger partial charge on any atom is 0.258 e. The van der Waals surface area contributed by atoms with Gasteiger partial charge in [-0.05, 0) is 50.5 Å². The van der Waals surface area contributed by atoms with E-state index in [4.69, 9.17) is 21.1 Å². The third-order valence-electron chi connectivity index (χ3n) is 5.41. The Morgan fingerprint density at radius 3 is 2.23 bits per heavy atom. The van der Waals surface area contributed by atoms with E-state index in [-0.39, 0.29) is 52.6 Å². The van der Waals surface area contributed by atoms with E-state index in [9.17, 15) is 18.4 Å². The maximum absolute atomic E-state index is 13.7. The first-order chi connectivity index (χ1) is 14.7. The summed E-state index contributed by atoms with van der Waals surface area (Å²) >= 11 is 5.61. The first-order valence-electron chi connectivity index (χ1n) is 9.64. The van der Waals surface area contributed by atoms with Gasteiger partial charge in [0.2, 0.25) is 0 Å². The van der Waals surface area contributed by atoms with Gasteiger partial charge in [-0.15, -0.1) is 0 Å². The highest BCUT2D eigenvalue weighted by atomic mass is 35.5. The predicted octanol–water partition coefficient (Wildman–Crippen LogP) is 2.69. The zero-order valence-electron chi connectivity index (χ0n) is 16.6. The van der Waals surface area contributed by atoms with E-state index in [0.29, 0.717) is 25.0 Å². The molecule has 3 aliphatic carbocycles. The van der Waals surface area contributed by atoms with Gasteiger partial charge in [0.15, 0.2) is 19.0 Å². The summed E-state index contributed by atoms with van der Waals surface area (Å²) in [7, 11) is 0. The van der Waals surface area contributed by atoms with Crippen molar-refractivity contribution in [1.29, 1.82) is 0 Å². The molecule has 3 fully saturated rings. The molecule has 0 spiro atoms. The first kappa shape index (κ1) is 21.3. The average molecular weight is 452 g/mol. The van der Waals surface area contributed by atoms with Crippen LogP contribution in [0.1, 0.15) is 25.0 Å². The quantitative estimate of drug-likeness (QED) is 0.602. The van der Waals surface area contributed by atoms with Crippen molar-refractivity contribution in [1.82, 2.24) is 15.6 Å². The summed E-state index contributed by atoms with van der Waals surface area (Å²) in [6.45, 7) is 1.07. The van der Waals surface area contributed by atoms with Crippen LogP contribution in [0.3, 0.4) is 0 Å². The van der Waals surface area contributed by atoms with E-state index in [1.54, 1.807) is 13.0 Å². The Morgan fingerprint density at radius 1 is 1.03 bits per heavy atom. The molecule has 2 amide bonds. The van der Waals surface area contributed by atoms with Crippen LogP contribution in [-0.4, -0.2) is 41.1 Å². The number of benzene rings is 1. The third-order valence-corrected chi connectivity index (χ3v) is 5.72. The lowest BCUT2D eigenvalue weighted by molar-refractivity contribution is -0.151.